The number of imidazole rings is 3. The highest BCUT2D eigenvalue weighted by Crippen LogP contribution is 2.46. The topological polar surface area (TPSA) is 709 Å². The summed E-state index contributed by atoms with van der Waals surface area (Å²) in [5.74, 6) is 21.3. The van der Waals surface area contributed by atoms with E-state index in [1.807, 2.05) is 11.8 Å². The quantitative estimate of drug-likeness (QED) is 0.0345. The number of alkyl halides is 4. The molecule has 664 valence electrons. The van der Waals surface area contributed by atoms with Crippen LogP contribution in [0.25, 0.3) is 55.6 Å². The molecule has 10 aromatic heterocycles. The van der Waals surface area contributed by atoms with Crippen molar-refractivity contribution in [3.63, 3.8) is 0 Å². The highest BCUT2D eigenvalue weighted by Gasteiger charge is 2.62. The molecular weight excluding hydrogens is 1680 g/mol. The van der Waals surface area contributed by atoms with Crippen LogP contribution in [0.4, 0.5) is 45.7 Å². The smallest absolute Gasteiger partial charge is 0.280 e. The predicted octanol–water partition coefficient (Wildman–Crippen LogP) is -5.57. The average Bonchev–Trinajstić information content (AvgIpc) is 1.60. The molecule has 0 amide bonds. The van der Waals surface area contributed by atoms with Crippen molar-refractivity contribution < 1.29 is 122 Å². The summed E-state index contributed by atoms with van der Waals surface area (Å²) in [6.07, 6.45) is -18.6. The number of H-pyrrole nitrogens is 4. The fraction of sp³-hybridized carbons (Fsp3) is 0.493. The molecule has 5 fully saturated rings. The Labute approximate surface area is 697 Å². The van der Waals surface area contributed by atoms with E-state index >= 15 is 0 Å². The molecule has 124 heavy (non-hydrogen) atoms. The van der Waals surface area contributed by atoms with Crippen LogP contribution in [0.5, 0.6) is 0 Å². The Morgan fingerprint density at radius 1 is 0.476 bits per heavy atom. The molecule has 5 saturated heterocycles. The summed E-state index contributed by atoms with van der Waals surface area (Å²) in [7, 11) is 0. The van der Waals surface area contributed by atoms with E-state index < -0.39 is 200 Å². The maximum Gasteiger partial charge on any atom is 0.280 e. The molecule has 15 rings (SSSR count). The van der Waals surface area contributed by atoms with Crippen LogP contribution in [-0.2, 0) is 23.7 Å². The maximum absolute atomic E-state index is 14.3. The molecule has 0 radical (unpaired) electrons. The molecule has 5 aliphatic rings. The number of nitrogens with two attached hydrogens (primary N) is 4. The normalized spacial score (nSPS) is 30.4. The Balaban J connectivity index is 0.000000151. The zero-order chi connectivity index (χ0) is 91.1. The lowest BCUT2D eigenvalue weighted by Crippen LogP contribution is -2.47. The Morgan fingerprint density at radius 2 is 0.863 bits per heavy atom. The van der Waals surface area contributed by atoms with E-state index in [1.54, 1.807) is 0 Å². The lowest BCUT2D eigenvalue weighted by atomic mass is 9.92. The maximum atomic E-state index is 14.3. The molecule has 27 N–H and O–H groups in total. The molecule has 5 unspecified atom stereocenters. The van der Waals surface area contributed by atoms with E-state index in [1.165, 1.54) is 93.3 Å². The van der Waals surface area contributed by atoms with Crippen LogP contribution in [0.3, 0.4) is 0 Å². The first-order valence-corrected chi connectivity index (χ1v) is 37.3. The first-order chi connectivity index (χ1) is 58.5. The Bertz CT molecular complexity index is 6080. The van der Waals surface area contributed by atoms with E-state index in [2.05, 4.69) is 112 Å². The number of aromatic nitrogens is 18. The average molecular weight is 1760 g/mol. The van der Waals surface area contributed by atoms with Crippen molar-refractivity contribution in [2.75, 3.05) is 49.6 Å². The molecule has 45 nitrogen and oxygen atoms in total. The van der Waals surface area contributed by atoms with Gasteiger partial charge in [0.25, 0.3) is 16.7 Å². The van der Waals surface area contributed by atoms with Gasteiger partial charge in [0.1, 0.15) is 116 Å². The number of anilines is 4. The molecule has 5 aliphatic heterocycles. The monoisotopic (exact) mass is 1760 g/mol. The van der Waals surface area contributed by atoms with Crippen LogP contribution in [-0.4, -0.2) is 310 Å². The minimum absolute atomic E-state index is 0.0169. The highest BCUT2D eigenvalue weighted by atomic mass is 32.1. The number of ether oxygens (including phenoxy) is 5. The zero-order valence-electron chi connectivity index (χ0n) is 65.8. The van der Waals surface area contributed by atoms with Crippen LogP contribution >= 0.6 is 12.2 Å². The summed E-state index contributed by atoms with van der Waals surface area (Å²) in [5, 5.41) is 155. The fourth-order valence-electron chi connectivity index (χ4n) is 14.4. The van der Waals surface area contributed by atoms with Crippen molar-refractivity contribution in [2.45, 2.75) is 199 Å². The molecular formula is C73H83F5N22O23S. The number of aliphatic hydroxyl groups excluding tert-OH is 10. The van der Waals surface area contributed by atoms with Gasteiger partial charge in [0.2, 0.25) is 17.8 Å². The van der Waals surface area contributed by atoms with Gasteiger partial charge in [-0.25, -0.2) is 51.9 Å². The minimum atomic E-state index is -2.36. The van der Waals surface area contributed by atoms with Crippen molar-refractivity contribution in [1.82, 2.24) is 87.6 Å². The van der Waals surface area contributed by atoms with Crippen molar-refractivity contribution >= 4 is 91.6 Å². The van der Waals surface area contributed by atoms with Gasteiger partial charge in [-0.3, -0.25) is 42.6 Å². The van der Waals surface area contributed by atoms with Gasteiger partial charge in [-0.2, -0.15) is 15.0 Å². The second kappa shape index (κ2) is 36.7. The Morgan fingerprint density at radius 3 is 1.31 bits per heavy atom. The van der Waals surface area contributed by atoms with Crippen molar-refractivity contribution in [1.29, 1.82) is 0 Å². The van der Waals surface area contributed by atoms with Gasteiger partial charge in [-0.05, 0) is 54.5 Å². The molecule has 0 spiro atoms. The summed E-state index contributed by atoms with van der Waals surface area (Å²) in [5.41, 5.74) is 10.7. The zero-order valence-corrected chi connectivity index (χ0v) is 66.6. The van der Waals surface area contributed by atoms with Gasteiger partial charge < -0.3 is 138 Å². The standard InChI is InChI=1S/C16H17F2N3O5.C15H18N4O5.C14H16FN5O5.C14H16FN5O4S.C14H16FN5O4/c1-7(22)11-12(23)16(25,4-3-5-17)15(26-11)21-6-9(18)10-13(21)19-8(2)20-14(10)24;1-3-5-15(23)10(21)9(7(2)20)24-13(15)19-6-4-8-11(19)17-14(16)18-12(8)22;1-6(21)8-9(22)14(24,3-2-4-15)12(25-8)20-5-17-7-10(20)18-13(16)19-11(7)23;1-6(21)8-9(22)14(23,3-2-4-15)12(24-8)20-5-17-7-10(20)18-13(16)19-11(7)25;1-7(21)9-10(22)14(23,3-2-4-15)12(24-9)20-6-18-8-5-17-13(16)19-11(8)20/h6-7,11-12,15,22-23,25H,5H2,1-2H3,(H,19,20,24);4,6-7,9-10,13,20-21,23H,1-2H3,(H3,16,17,18,22);5-6,8-9,12,21-22,24H,4H2,1H3,(H3,16,18,19,23);5-6,8-9,12,21-23H,4H2,1H3,(H3,16,18,19,25);5-7,9-10,12,21-23H,4H2,1H3,(H2,16,17,19)/t7-,11-,12+,15-,16?;7-,9-,10+,13-,15?;2*6-,8-,9+,12-,14?;7-,9-,10+,12-,14?/m11111/s1. The van der Waals surface area contributed by atoms with Gasteiger partial charge in [-0.1, -0.05) is 65.5 Å². The number of fused-ring (bicyclic) bond motifs is 5. The number of halogens is 5. The van der Waals surface area contributed by atoms with Crippen LogP contribution < -0.4 is 39.6 Å². The van der Waals surface area contributed by atoms with Crippen molar-refractivity contribution in [2.24, 2.45) is 0 Å². The number of nitrogens with zero attached hydrogens (tertiary/aromatic N) is 14. The van der Waals surface area contributed by atoms with Crippen LogP contribution in [0.1, 0.15) is 78.5 Å². The number of nitrogen functional groups attached to an aromatic ring is 4. The number of hydrogen-bond donors (Lipinski definition) is 23. The molecule has 0 saturated carbocycles. The molecule has 10 aromatic rings. The summed E-state index contributed by atoms with van der Waals surface area (Å²) in [6.45, 7) is 5.69. The number of aromatic amines is 4. The van der Waals surface area contributed by atoms with E-state index in [-0.39, 0.29) is 78.8 Å². The van der Waals surface area contributed by atoms with E-state index in [0.717, 1.165) is 21.7 Å². The largest absolute Gasteiger partial charge is 0.391 e. The minimum Gasteiger partial charge on any atom is -0.391 e. The van der Waals surface area contributed by atoms with Gasteiger partial charge in [0, 0.05) is 12.4 Å². The number of aliphatic hydroxyl groups is 15. The van der Waals surface area contributed by atoms with E-state index in [0.29, 0.717) is 11.0 Å². The second-order valence-electron chi connectivity index (χ2n) is 28.7. The molecule has 0 aliphatic carbocycles. The van der Waals surface area contributed by atoms with E-state index in [9.17, 15) is 113 Å². The predicted molar refractivity (Wildman–Crippen MR) is 420 cm³/mol. The summed E-state index contributed by atoms with van der Waals surface area (Å²) in [4.78, 5) is 81.4. The molecule has 0 aromatic carbocycles. The fourth-order valence-corrected chi connectivity index (χ4v) is 14.6. The molecule has 0 bridgehead atoms. The lowest BCUT2D eigenvalue weighted by molar-refractivity contribution is -0.0847. The number of rotatable bonds is 10. The highest BCUT2D eigenvalue weighted by molar-refractivity contribution is 7.71. The van der Waals surface area contributed by atoms with Crippen molar-refractivity contribution in [3.05, 3.63) is 91.0 Å². The van der Waals surface area contributed by atoms with Gasteiger partial charge in [0.15, 0.2) is 104 Å². The SMILES string of the molecule is CC#CC1(O)[C@@H](O)[C@@H]([C@@H](C)O)O[C@H]1n1ccc2c(=O)[nH]c(N)nc21.C[C@@H](O)[C@H]1O[C@@H](n2cnc3c(=O)[nH]c(N)nc32)C(O)(C#CCF)[C@H]1O.C[C@@H](O)[C@H]1O[C@@H](n2cnc3c(=S)nc(N)[nH]c32)C(O)(C#CCF)[C@H]1O.C[C@@H](O)[C@H]1O[C@@H](n2cnc3cnc(N)nc32)C(O)(C#CCF)[C@H]1O.Cc1nc2c(c(F)cn2[C@@H]2O[C@H]([C@@H](C)O)[C@H](O)C2(O)C#CCF)c(=O)[nH]1. The molecule has 51 heteroatoms. The van der Waals surface area contributed by atoms with Crippen LogP contribution in [0.15, 0.2) is 58.0 Å². The van der Waals surface area contributed by atoms with Crippen LogP contribution in [0.2, 0.25) is 0 Å². The van der Waals surface area contributed by atoms with Gasteiger partial charge in [0.05, 0.1) is 61.1 Å². The summed E-state index contributed by atoms with van der Waals surface area (Å²) in [6, 6.07) is 1.49. The van der Waals surface area contributed by atoms with Gasteiger partial charge >= 0.3 is 0 Å². The first-order valence-electron chi connectivity index (χ1n) is 36.9. The molecule has 15 heterocycles. The Hall–Kier alpha value is -11.6. The Kier molecular flexibility index (Phi) is 27.5. The molecule has 25 atom stereocenters. The summed E-state index contributed by atoms with van der Waals surface area (Å²) < 4.78 is 98.4. The van der Waals surface area contributed by atoms with Crippen LogP contribution in [0, 0.1) is 76.6 Å². The van der Waals surface area contributed by atoms with Crippen molar-refractivity contribution in [3.8, 4) is 59.2 Å². The second-order valence-corrected chi connectivity index (χ2v) is 29.1. The van der Waals surface area contributed by atoms with E-state index in [4.69, 9.17) is 58.8 Å². The third kappa shape index (κ3) is 17.2. The number of hydrogen-bond acceptors (Lipinski definition) is 37. The lowest BCUT2D eigenvalue weighted by Gasteiger charge is -2.26. The number of aryl methyl sites for hydroxylation is 1. The third-order valence-electron chi connectivity index (χ3n) is 20.1. The van der Waals surface area contributed by atoms with Gasteiger partial charge in [-0.15, -0.1) is 5.92 Å². The first kappa shape index (κ1) is 93.1. The number of nitrogens with one attached hydrogen (secondary N) is 4. The third-order valence-corrected chi connectivity index (χ3v) is 20.4. The summed E-state index contributed by atoms with van der Waals surface area (Å²) >= 11 is 5.09.